The number of hydrogen-bond donors (Lipinski definition) is 2. The van der Waals surface area contributed by atoms with Crippen LogP contribution in [0.5, 0.6) is 11.5 Å². The third-order valence-corrected chi connectivity index (χ3v) is 4.41. The van der Waals surface area contributed by atoms with Crippen molar-refractivity contribution in [1.29, 1.82) is 0 Å². The van der Waals surface area contributed by atoms with Crippen LogP contribution in [0.1, 0.15) is 5.56 Å². The number of nitro benzene ring substituents is 1. The van der Waals surface area contributed by atoms with Crippen molar-refractivity contribution in [2.75, 3.05) is 7.11 Å². The quantitative estimate of drug-likeness (QED) is 0.471. The van der Waals surface area contributed by atoms with Gasteiger partial charge in [-0.1, -0.05) is 0 Å². The Morgan fingerprint density at radius 3 is 2.67 bits per heavy atom. The van der Waals surface area contributed by atoms with Gasteiger partial charge in [-0.15, -0.1) is 0 Å². The number of aromatic hydroxyl groups is 1. The Kier molecular flexibility index (Phi) is 5.08. The second kappa shape index (κ2) is 7.46. The van der Waals surface area contributed by atoms with E-state index in [1.807, 2.05) is 0 Å². The lowest BCUT2D eigenvalue weighted by Gasteiger charge is -2.05. The minimum absolute atomic E-state index is 0.0837. The van der Waals surface area contributed by atoms with Gasteiger partial charge in [-0.3, -0.25) is 14.9 Å². The lowest BCUT2D eigenvalue weighted by atomic mass is 10.1. The fraction of sp³-hybridized carbons (Fsp3) is 0.0588. The van der Waals surface area contributed by atoms with Crippen LogP contribution in [0.2, 0.25) is 0 Å². The summed E-state index contributed by atoms with van der Waals surface area (Å²) in [5.41, 5.74) is 0.226. The van der Waals surface area contributed by atoms with Crippen LogP contribution in [-0.2, 0) is 4.79 Å². The highest BCUT2D eigenvalue weighted by Crippen LogP contribution is 2.38. The zero-order valence-electron chi connectivity index (χ0n) is 13.8. The normalized spacial score (nSPS) is 16.6. The van der Waals surface area contributed by atoms with Gasteiger partial charge < -0.3 is 15.2 Å². The Labute approximate surface area is 156 Å². The first-order chi connectivity index (χ1) is 12.9. The third-order valence-electron chi connectivity index (χ3n) is 3.50. The average Bonchev–Trinajstić information content (AvgIpc) is 2.97. The molecule has 0 atom stereocenters. The molecule has 0 unspecified atom stereocenters. The van der Waals surface area contributed by atoms with Gasteiger partial charge in [0.1, 0.15) is 5.82 Å². The van der Waals surface area contributed by atoms with Gasteiger partial charge >= 0.3 is 5.69 Å². The molecule has 1 fully saturated rings. The van der Waals surface area contributed by atoms with Crippen LogP contribution < -0.4 is 10.1 Å². The van der Waals surface area contributed by atoms with Crippen molar-refractivity contribution in [2.45, 2.75) is 0 Å². The summed E-state index contributed by atoms with van der Waals surface area (Å²) in [5, 5.41) is 23.7. The fourth-order valence-electron chi connectivity index (χ4n) is 2.26. The van der Waals surface area contributed by atoms with Gasteiger partial charge in [-0.2, -0.15) is 0 Å². The summed E-state index contributed by atoms with van der Waals surface area (Å²) in [5.74, 6) is -1.51. The molecule has 2 aromatic carbocycles. The zero-order valence-corrected chi connectivity index (χ0v) is 14.6. The predicted octanol–water partition coefficient (Wildman–Crippen LogP) is 3.34. The molecule has 0 radical (unpaired) electrons. The number of phenolic OH excluding ortho intramolecular Hbond substituents is 1. The topological polar surface area (TPSA) is 114 Å². The van der Waals surface area contributed by atoms with Crippen LogP contribution in [0, 0.1) is 15.9 Å². The molecule has 138 valence electrons. The molecule has 1 aliphatic heterocycles. The molecule has 8 nitrogen and oxygen atoms in total. The summed E-state index contributed by atoms with van der Waals surface area (Å²) in [4.78, 5) is 26.9. The number of halogens is 1. The Bertz CT molecular complexity index is 989. The lowest BCUT2D eigenvalue weighted by molar-refractivity contribution is -0.386. The van der Waals surface area contributed by atoms with Crippen LogP contribution in [-0.4, -0.2) is 28.2 Å². The van der Waals surface area contributed by atoms with Gasteiger partial charge in [0, 0.05) is 6.07 Å². The molecule has 0 aliphatic carbocycles. The second-order valence-corrected chi connectivity index (χ2v) is 6.34. The molecule has 1 heterocycles. The van der Waals surface area contributed by atoms with E-state index in [1.54, 1.807) is 0 Å². The smallest absolute Gasteiger partial charge is 0.315 e. The predicted molar refractivity (Wildman–Crippen MR) is 98.5 cm³/mol. The van der Waals surface area contributed by atoms with E-state index in [0.29, 0.717) is 11.3 Å². The Morgan fingerprint density at radius 1 is 1.33 bits per heavy atom. The number of phenols is 1. The summed E-state index contributed by atoms with van der Waals surface area (Å²) < 4.78 is 17.9. The van der Waals surface area contributed by atoms with Crippen LogP contribution in [0.3, 0.4) is 0 Å². The van der Waals surface area contributed by atoms with Gasteiger partial charge in [0.2, 0.25) is 5.75 Å². The van der Waals surface area contributed by atoms with Crippen molar-refractivity contribution in [3.63, 3.8) is 0 Å². The number of ether oxygens (including phenoxy) is 1. The molecular formula is C17H12FN3O5S. The number of nitrogens with zero attached hydrogens (tertiary/aromatic N) is 2. The van der Waals surface area contributed by atoms with Crippen molar-refractivity contribution in [1.82, 2.24) is 5.32 Å². The summed E-state index contributed by atoms with van der Waals surface area (Å²) in [7, 11) is 1.26. The highest BCUT2D eigenvalue weighted by molar-refractivity contribution is 8.18. The number of thioether (sulfide) groups is 1. The van der Waals surface area contributed by atoms with Gasteiger partial charge in [0.15, 0.2) is 10.9 Å². The number of nitrogens with one attached hydrogen (secondary N) is 1. The number of methoxy groups -OCH3 is 1. The molecule has 2 N–H and O–H groups in total. The number of carbonyl (C=O) groups is 1. The largest absolute Gasteiger partial charge is 0.500 e. The van der Waals surface area contributed by atoms with E-state index >= 15 is 0 Å². The number of hydrogen-bond acceptors (Lipinski definition) is 7. The number of aliphatic imine (C=N–C) groups is 1. The first-order valence-electron chi connectivity index (χ1n) is 7.48. The second-order valence-electron chi connectivity index (χ2n) is 5.31. The van der Waals surface area contributed by atoms with E-state index in [-0.39, 0.29) is 15.8 Å². The molecule has 3 rings (SSSR count). The molecular weight excluding hydrogens is 377 g/mol. The zero-order chi connectivity index (χ0) is 19.6. The van der Waals surface area contributed by atoms with E-state index in [2.05, 4.69) is 10.3 Å². The maximum Gasteiger partial charge on any atom is 0.315 e. The van der Waals surface area contributed by atoms with Gasteiger partial charge in [0.25, 0.3) is 5.91 Å². The standard InChI is InChI=1S/C17H12FN3O5S/c1-26-13-7-9(6-12(15(13)22)21(24)25)8-14-16(23)20-17(27-14)19-11-4-2-10(18)3-5-11/h2-8,22H,1H3,(H,19,20,23). The Balaban J connectivity index is 1.91. The highest BCUT2D eigenvalue weighted by atomic mass is 32.2. The van der Waals surface area contributed by atoms with Crippen molar-refractivity contribution in [2.24, 2.45) is 4.99 Å². The summed E-state index contributed by atoms with van der Waals surface area (Å²) in [6.45, 7) is 0. The summed E-state index contributed by atoms with van der Waals surface area (Å²) >= 11 is 1.03. The minimum Gasteiger partial charge on any atom is -0.500 e. The Hall–Kier alpha value is -3.40. The van der Waals surface area contributed by atoms with Crippen LogP contribution in [0.25, 0.3) is 6.08 Å². The molecule has 10 heteroatoms. The first kappa shape index (κ1) is 18.4. The van der Waals surface area contributed by atoms with Crippen LogP contribution >= 0.6 is 11.8 Å². The van der Waals surface area contributed by atoms with Crippen LogP contribution in [0.4, 0.5) is 15.8 Å². The van der Waals surface area contributed by atoms with Gasteiger partial charge in [-0.05, 0) is 53.7 Å². The molecule has 0 bridgehead atoms. The van der Waals surface area contributed by atoms with Crippen molar-refractivity contribution in [3.05, 3.63) is 62.8 Å². The van der Waals surface area contributed by atoms with E-state index in [1.165, 1.54) is 43.5 Å². The molecule has 2 aromatic rings. The maximum absolute atomic E-state index is 12.9. The van der Waals surface area contributed by atoms with Crippen molar-refractivity contribution in [3.8, 4) is 11.5 Å². The monoisotopic (exact) mass is 389 g/mol. The van der Waals surface area contributed by atoms with Crippen molar-refractivity contribution >= 4 is 40.3 Å². The van der Waals surface area contributed by atoms with E-state index in [0.717, 1.165) is 17.8 Å². The average molecular weight is 389 g/mol. The molecule has 0 aromatic heterocycles. The third kappa shape index (κ3) is 4.06. The molecule has 1 saturated heterocycles. The van der Waals surface area contributed by atoms with Crippen LogP contribution in [0.15, 0.2) is 46.3 Å². The molecule has 0 spiro atoms. The summed E-state index contributed by atoms with van der Waals surface area (Å²) in [6, 6.07) is 7.93. The van der Waals surface area contributed by atoms with E-state index < -0.39 is 28.1 Å². The van der Waals surface area contributed by atoms with E-state index in [4.69, 9.17) is 4.74 Å². The molecule has 1 amide bonds. The number of amidine groups is 1. The SMILES string of the molecule is COc1cc(C=C2SC(=Nc3ccc(F)cc3)NC2=O)cc([N+](=O)[O-])c1O. The van der Waals surface area contributed by atoms with E-state index in [9.17, 15) is 24.4 Å². The highest BCUT2D eigenvalue weighted by Gasteiger charge is 2.25. The summed E-state index contributed by atoms with van der Waals surface area (Å²) in [6.07, 6.45) is 1.42. The molecule has 0 saturated carbocycles. The maximum atomic E-state index is 12.9. The first-order valence-corrected chi connectivity index (χ1v) is 8.29. The number of rotatable bonds is 4. The number of carbonyl (C=O) groups excluding carboxylic acids is 1. The molecule has 1 aliphatic rings. The van der Waals surface area contributed by atoms with Crippen molar-refractivity contribution < 1.29 is 24.0 Å². The molecule has 27 heavy (non-hydrogen) atoms. The van der Waals surface area contributed by atoms with Gasteiger partial charge in [0.05, 0.1) is 22.6 Å². The number of benzene rings is 2. The fourth-order valence-corrected chi connectivity index (χ4v) is 3.10. The minimum atomic E-state index is -0.747. The lowest BCUT2D eigenvalue weighted by Crippen LogP contribution is -2.19. The number of amides is 1. The Morgan fingerprint density at radius 2 is 2.04 bits per heavy atom. The van der Waals surface area contributed by atoms with Gasteiger partial charge in [-0.25, -0.2) is 9.38 Å². The number of nitro groups is 1.